The molecule has 31 heavy (non-hydrogen) atoms. The second-order valence-electron chi connectivity index (χ2n) is 10.6. The van der Waals surface area contributed by atoms with Crippen molar-refractivity contribution in [3.63, 3.8) is 0 Å². The van der Waals surface area contributed by atoms with Gasteiger partial charge in [-0.1, -0.05) is 104 Å². The van der Waals surface area contributed by atoms with E-state index in [9.17, 15) is 9.90 Å². The lowest BCUT2D eigenvalue weighted by Crippen LogP contribution is -2.49. The van der Waals surface area contributed by atoms with Crippen LogP contribution in [-0.2, 0) is 9.22 Å². The average molecular weight is 456 g/mol. The minimum absolute atomic E-state index is 0.101. The lowest BCUT2D eigenvalue weighted by Gasteiger charge is -2.37. The third-order valence-corrected chi connectivity index (χ3v) is 11.0. The van der Waals surface area contributed by atoms with Crippen molar-refractivity contribution in [2.75, 3.05) is 6.61 Å². The summed E-state index contributed by atoms with van der Waals surface area (Å²) in [6.07, 6.45) is 18.9. The SMILES string of the molecule is CCCCCCCCCCCCC/C=C/[C@@H](O)[C@H](CO[Si](C)(C)C(C)(C)C)NC(C)=O. The second-order valence-corrected chi connectivity index (χ2v) is 15.4. The summed E-state index contributed by atoms with van der Waals surface area (Å²) in [5.74, 6) is -0.137. The lowest BCUT2D eigenvalue weighted by molar-refractivity contribution is -0.120. The molecule has 5 heteroatoms. The summed E-state index contributed by atoms with van der Waals surface area (Å²) in [6.45, 7) is 15.0. The van der Waals surface area contributed by atoms with Crippen LogP contribution in [0, 0.1) is 0 Å². The van der Waals surface area contributed by atoms with E-state index in [1.807, 2.05) is 6.08 Å². The first kappa shape index (κ1) is 30.3. The highest BCUT2D eigenvalue weighted by Crippen LogP contribution is 2.36. The van der Waals surface area contributed by atoms with Crippen LogP contribution in [0.3, 0.4) is 0 Å². The largest absolute Gasteiger partial charge is 0.415 e. The van der Waals surface area contributed by atoms with Crippen molar-refractivity contribution in [2.24, 2.45) is 0 Å². The minimum atomic E-state index is -1.92. The molecule has 0 fully saturated rings. The number of amides is 1. The van der Waals surface area contributed by atoms with Crippen molar-refractivity contribution in [3.8, 4) is 0 Å². The second kappa shape index (κ2) is 16.9. The topological polar surface area (TPSA) is 58.6 Å². The Morgan fingerprint density at radius 3 is 1.90 bits per heavy atom. The van der Waals surface area contributed by atoms with Gasteiger partial charge < -0.3 is 14.8 Å². The Hall–Kier alpha value is -0.653. The Labute approximate surface area is 194 Å². The minimum Gasteiger partial charge on any atom is -0.415 e. The molecule has 0 aromatic heterocycles. The van der Waals surface area contributed by atoms with Gasteiger partial charge in [0.15, 0.2) is 8.32 Å². The molecule has 2 N–H and O–H groups in total. The summed E-state index contributed by atoms with van der Waals surface area (Å²) in [6, 6.07) is -0.403. The highest BCUT2D eigenvalue weighted by molar-refractivity contribution is 6.74. The highest BCUT2D eigenvalue weighted by atomic mass is 28.4. The van der Waals surface area contributed by atoms with E-state index in [0.29, 0.717) is 6.61 Å². The van der Waals surface area contributed by atoms with Gasteiger partial charge in [0.25, 0.3) is 0 Å². The molecule has 184 valence electrons. The summed E-state index contributed by atoms with van der Waals surface area (Å²) < 4.78 is 6.23. The first-order valence-corrected chi connectivity index (χ1v) is 15.7. The van der Waals surface area contributed by atoms with E-state index in [4.69, 9.17) is 4.43 Å². The molecule has 0 bridgehead atoms. The van der Waals surface area contributed by atoms with E-state index in [2.05, 4.69) is 52.2 Å². The van der Waals surface area contributed by atoms with Gasteiger partial charge in [-0.2, -0.15) is 0 Å². The molecule has 0 saturated heterocycles. The number of nitrogens with one attached hydrogen (secondary N) is 1. The van der Waals surface area contributed by atoms with E-state index < -0.39 is 20.5 Å². The van der Waals surface area contributed by atoms with Gasteiger partial charge in [0, 0.05) is 6.92 Å². The van der Waals surface area contributed by atoms with Crippen LogP contribution < -0.4 is 5.32 Å². The van der Waals surface area contributed by atoms with Gasteiger partial charge in [0.2, 0.25) is 5.91 Å². The Morgan fingerprint density at radius 2 is 1.45 bits per heavy atom. The predicted molar refractivity (Wildman–Crippen MR) is 137 cm³/mol. The van der Waals surface area contributed by atoms with Crippen LogP contribution in [-0.4, -0.2) is 38.1 Å². The number of rotatable bonds is 18. The van der Waals surface area contributed by atoms with E-state index in [1.54, 1.807) is 0 Å². The molecule has 0 heterocycles. The van der Waals surface area contributed by atoms with Crippen LogP contribution in [0.4, 0.5) is 0 Å². The molecule has 0 rings (SSSR count). The molecule has 0 aliphatic rings. The van der Waals surface area contributed by atoms with E-state index in [-0.39, 0.29) is 10.9 Å². The van der Waals surface area contributed by atoms with Gasteiger partial charge in [-0.3, -0.25) is 4.79 Å². The van der Waals surface area contributed by atoms with Crippen molar-refractivity contribution in [1.82, 2.24) is 5.32 Å². The fraction of sp³-hybridized carbons (Fsp3) is 0.885. The molecule has 2 atom stereocenters. The maximum atomic E-state index is 11.6. The Morgan fingerprint density at radius 1 is 0.968 bits per heavy atom. The molecule has 0 unspecified atom stereocenters. The molecule has 1 amide bonds. The van der Waals surface area contributed by atoms with Crippen molar-refractivity contribution in [1.29, 1.82) is 0 Å². The molecular formula is C26H53NO3Si. The number of carbonyl (C=O) groups excluding carboxylic acids is 1. The van der Waals surface area contributed by atoms with Gasteiger partial charge >= 0.3 is 0 Å². The number of allylic oxidation sites excluding steroid dienone is 1. The van der Waals surface area contributed by atoms with E-state index in [0.717, 1.165) is 12.8 Å². The number of unbranched alkanes of at least 4 members (excludes halogenated alkanes) is 11. The van der Waals surface area contributed by atoms with Crippen LogP contribution >= 0.6 is 0 Å². The molecule has 0 radical (unpaired) electrons. The molecule has 4 nitrogen and oxygen atoms in total. The summed E-state index contributed by atoms with van der Waals surface area (Å²) in [7, 11) is -1.92. The maximum absolute atomic E-state index is 11.6. The van der Waals surface area contributed by atoms with Crippen LogP contribution in [0.2, 0.25) is 18.1 Å². The van der Waals surface area contributed by atoms with Crippen LogP contribution in [0.15, 0.2) is 12.2 Å². The molecular weight excluding hydrogens is 402 g/mol. The van der Waals surface area contributed by atoms with Crippen molar-refractivity contribution < 1.29 is 14.3 Å². The smallest absolute Gasteiger partial charge is 0.217 e. The lowest BCUT2D eigenvalue weighted by atomic mass is 10.0. The van der Waals surface area contributed by atoms with Crippen molar-refractivity contribution >= 4 is 14.2 Å². The Kier molecular flexibility index (Phi) is 16.6. The first-order valence-electron chi connectivity index (χ1n) is 12.8. The van der Waals surface area contributed by atoms with Crippen LogP contribution in [0.5, 0.6) is 0 Å². The zero-order chi connectivity index (χ0) is 23.8. The van der Waals surface area contributed by atoms with Crippen LogP contribution in [0.1, 0.15) is 112 Å². The van der Waals surface area contributed by atoms with Gasteiger partial charge in [0.1, 0.15) is 0 Å². The number of hydrogen-bond acceptors (Lipinski definition) is 3. The average Bonchev–Trinajstić information content (AvgIpc) is 2.67. The maximum Gasteiger partial charge on any atom is 0.217 e. The third-order valence-electron chi connectivity index (χ3n) is 6.54. The standard InChI is InChI=1S/C26H53NO3Si/c1-8-9-10-11-12-13-14-15-16-17-18-19-20-21-25(29)24(27-23(2)28)22-30-31(6,7)26(3,4)5/h20-21,24-25,29H,8-19,22H2,1-7H3,(H,27,28)/b21-20+/t24-,25+/m0/s1. The fourth-order valence-corrected chi connectivity index (χ4v) is 4.33. The number of aliphatic hydroxyl groups excluding tert-OH is 1. The first-order chi connectivity index (χ1) is 14.5. The van der Waals surface area contributed by atoms with Crippen molar-refractivity contribution in [2.45, 2.75) is 142 Å². The summed E-state index contributed by atoms with van der Waals surface area (Å²) in [5, 5.41) is 13.5. The molecule has 0 aromatic carbocycles. The van der Waals surface area contributed by atoms with Gasteiger partial charge in [-0.05, 0) is 31.0 Å². The van der Waals surface area contributed by atoms with Gasteiger partial charge in [-0.15, -0.1) is 0 Å². The fourth-order valence-electron chi connectivity index (χ4n) is 3.30. The number of aliphatic hydroxyl groups is 1. The normalized spacial score (nSPS) is 14.7. The highest BCUT2D eigenvalue weighted by Gasteiger charge is 2.38. The van der Waals surface area contributed by atoms with Gasteiger partial charge in [0.05, 0.1) is 18.8 Å². The van der Waals surface area contributed by atoms with Crippen LogP contribution in [0.25, 0.3) is 0 Å². The predicted octanol–water partition coefficient (Wildman–Crippen LogP) is 7.13. The zero-order valence-corrected chi connectivity index (χ0v) is 22.8. The number of carbonyl (C=O) groups is 1. The van der Waals surface area contributed by atoms with Crippen molar-refractivity contribution in [3.05, 3.63) is 12.2 Å². The quantitative estimate of drug-likeness (QED) is 0.131. The zero-order valence-electron chi connectivity index (χ0n) is 21.8. The molecule has 0 aliphatic heterocycles. The molecule has 0 aliphatic carbocycles. The Balaban J connectivity index is 4.10. The van der Waals surface area contributed by atoms with E-state index in [1.165, 1.54) is 71.1 Å². The summed E-state index contributed by atoms with van der Waals surface area (Å²) >= 11 is 0. The van der Waals surface area contributed by atoms with Gasteiger partial charge in [-0.25, -0.2) is 0 Å². The molecule has 0 spiro atoms. The monoisotopic (exact) mass is 455 g/mol. The summed E-state index contributed by atoms with van der Waals surface area (Å²) in [5.41, 5.74) is 0. The van der Waals surface area contributed by atoms with E-state index >= 15 is 0 Å². The molecule has 0 saturated carbocycles. The third kappa shape index (κ3) is 15.7. The Bertz CT molecular complexity index is 486. The summed E-state index contributed by atoms with van der Waals surface area (Å²) in [4.78, 5) is 11.6. The molecule has 0 aromatic rings. The number of hydrogen-bond donors (Lipinski definition) is 2.